The summed E-state index contributed by atoms with van der Waals surface area (Å²) in [4.78, 5) is 10.9. The van der Waals surface area contributed by atoms with Gasteiger partial charge in [-0.2, -0.15) is 0 Å². The number of hydrogen-bond acceptors (Lipinski definition) is 3. The molecule has 0 aromatic carbocycles. The summed E-state index contributed by atoms with van der Waals surface area (Å²) in [7, 11) is 0. The lowest BCUT2D eigenvalue weighted by Crippen LogP contribution is -2.33. The van der Waals surface area contributed by atoms with Crippen LogP contribution in [0.25, 0.3) is 0 Å². The Hall–Kier alpha value is -0.610. The van der Waals surface area contributed by atoms with E-state index in [1.54, 1.807) is 0 Å². The lowest BCUT2D eigenvalue weighted by atomic mass is 9.99. The number of carboxylic acid groups (broad SMARTS) is 1. The van der Waals surface area contributed by atoms with Gasteiger partial charge in [0, 0.05) is 0 Å². The summed E-state index contributed by atoms with van der Waals surface area (Å²) in [5.74, 6) is 0.0440. The van der Waals surface area contributed by atoms with E-state index in [1.807, 2.05) is 0 Å². The second kappa shape index (κ2) is 4.94. The third-order valence-electron chi connectivity index (χ3n) is 3.26. The predicted molar refractivity (Wildman–Crippen MR) is 55.7 cm³/mol. The predicted octanol–water partition coefficient (Wildman–Crippen LogP) is 0.866. The van der Waals surface area contributed by atoms with Crippen LogP contribution in [0.5, 0.6) is 0 Å². The van der Waals surface area contributed by atoms with Gasteiger partial charge in [0.15, 0.2) is 6.10 Å². The van der Waals surface area contributed by atoms with Crippen molar-refractivity contribution in [1.29, 1.82) is 0 Å². The highest BCUT2D eigenvalue weighted by molar-refractivity contribution is 5.73. The fourth-order valence-electron chi connectivity index (χ4n) is 2.10. The normalized spacial score (nSPS) is 25.1. The Balaban J connectivity index is 1.72. The molecule has 2 rings (SSSR count). The maximum absolute atomic E-state index is 10.9. The molecule has 0 bridgehead atoms. The molecule has 1 aliphatic heterocycles. The van der Waals surface area contributed by atoms with E-state index in [0.29, 0.717) is 12.5 Å². The van der Waals surface area contributed by atoms with E-state index in [4.69, 9.17) is 9.84 Å². The molecule has 0 aromatic heterocycles. The molecule has 1 aliphatic carbocycles. The standard InChI is InChI=1S/C11H19NO3/c13-11(14)10(9-1-2-9)15-7-8-3-5-12-6-4-8/h8-10,12H,1-7H2,(H,13,14). The van der Waals surface area contributed by atoms with Gasteiger partial charge in [0.05, 0.1) is 6.61 Å². The van der Waals surface area contributed by atoms with Gasteiger partial charge in [-0.1, -0.05) is 0 Å². The minimum Gasteiger partial charge on any atom is -0.479 e. The molecule has 0 amide bonds. The first-order chi connectivity index (χ1) is 7.27. The zero-order valence-corrected chi connectivity index (χ0v) is 8.95. The Morgan fingerprint density at radius 1 is 1.33 bits per heavy atom. The minimum absolute atomic E-state index is 0.282. The molecular weight excluding hydrogens is 194 g/mol. The summed E-state index contributed by atoms with van der Waals surface area (Å²) in [5.41, 5.74) is 0. The zero-order chi connectivity index (χ0) is 10.7. The molecule has 0 radical (unpaired) electrons. The van der Waals surface area contributed by atoms with Crippen molar-refractivity contribution in [2.24, 2.45) is 11.8 Å². The van der Waals surface area contributed by atoms with E-state index in [0.717, 1.165) is 38.8 Å². The summed E-state index contributed by atoms with van der Waals surface area (Å²) in [6.07, 6.45) is 3.71. The van der Waals surface area contributed by atoms with Crippen molar-refractivity contribution >= 4 is 5.97 Å². The van der Waals surface area contributed by atoms with Gasteiger partial charge in [-0.25, -0.2) is 4.79 Å². The average Bonchev–Trinajstić information content (AvgIpc) is 3.03. The van der Waals surface area contributed by atoms with E-state index in [9.17, 15) is 4.79 Å². The molecule has 0 spiro atoms. The lowest BCUT2D eigenvalue weighted by Gasteiger charge is -2.24. The number of carbonyl (C=O) groups is 1. The van der Waals surface area contributed by atoms with E-state index >= 15 is 0 Å². The smallest absolute Gasteiger partial charge is 0.333 e. The SMILES string of the molecule is O=C(O)C(OCC1CCNCC1)C1CC1. The minimum atomic E-state index is -0.786. The average molecular weight is 213 g/mol. The number of carboxylic acids is 1. The molecule has 4 heteroatoms. The molecule has 0 aromatic rings. The van der Waals surface area contributed by atoms with Crippen LogP contribution in [0.15, 0.2) is 0 Å². The second-order valence-corrected chi connectivity index (χ2v) is 4.62. The van der Waals surface area contributed by atoms with Crippen LogP contribution in [0.3, 0.4) is 0 Å². The van der Waals surface area contributed by atoms with Crippen LogP contribution in [0, 0.1) is 11.8 Å². The Morgan fingerprint density at radius 3 is 2.53 bits per heavy atom. The molecule has 2 aliphatic rings. The third kappa shape index (κ3) is 3.18. The molecule has 1 saturated heterocycles. The molecule has 1 heterocycles. The molecular formula is C11H19NO3. The van der Waals surface area contributed by atoms with E-state index < -0.39 is 12.1 Å². The fraction of sp³-hybridized carbons (Fsp3) is 0.909. The number of hydrogen-bond donors (Lipinski definition) is 2. The zero-order valence-electron chi connectivity index (χ0n) is 8.95. The molecule has 4 nitrogen and oxygen atoms in total. The molecule has 2 N–H and O–H groups in total. The summed E-state index contributed by atoms with van der Waals surface area (Å²) < 4.78 is 5.54. The highest BCUT2D eigenvalue weighted by Crippen LogP contribution is 2.34. The highest BCUT2D eigenvalue weighted by atomic mass is 16.5. The van der Waals surface area contributed by atoms with Crippen LogP contribution < -0.4 is 5.32 Å². The fourth-order valence-corrected chi connectivity index (χ4v) is 2.10. The first kappa shape index (κ1) is 10.9. The quantitative estimate of drug-likeness (QED) is 0.711. The molecule has 15 heavy (non-hydrogen) atoms. The number of rotatable bonds is 5. The first-order valence-electron chi connectivity index (χ1n) is 5.82. The summed E-state index contributed by atoms with van der Waals surface area (Å²) in [5, 5.41) is 12.3. The Bertz CT molecular complexity index is 222. The van der Waals surface area contributed by atoms with Crippen molar-refractivity contribution in [3.63, 3.8) is 0 Å². The Labute approximate surface area is 90.0 Å². The number of aliphatic carboxylic acids is 1. The molecule has 2 fully saturated rings. The van der Waals surface area contributed by atoms with Crippen molar-refractivity contribution in [2.75, 3.05) is 19.7 Å². The van der Waals surface area contributed by atoms with Crippen LogP contribution >= 0.6 is 0 Å². The van der Waals surface area contributed by atoms with Gasteiger partial charge in [-0.05, 0) is 50.6 Å². The van der Waals surface area contributed by atoms with Gasteiger partial charge in [0.1, 0.15) is 0 Å². The van der Waals surface area contributed by atoms with Gasteiger partial charge in [0.2, 0.25) is 0 Å². The Kier molecular flexibility index (Phi) is 3.59. The van der Waals surface area contributed by atoms with Crippen molar-refractivity contribution < 1.29 is 14.6 Å². The van der Waals surface area contributed by atoms with Gasteiger partial charge >= 0.3 is 5.97 Å². The van der Waals surface area contributed by atoms with Crippen molar-refractivity contribution in [3.8, 4) is 0 Å². The molecule has 1 atom stereocenters. The third-order valence-corrected chi connectivity index (χ3v) is 3.26. The van der Waals surface area contributed by atoms with Gasteiger partial charge in [-0.3, -0.25) is 0 Å². The summed E-state index contributed by atoms with van der Waals surface area (Å²) >= 11 is 0. The summed E-state index contributed by atoms with van der Waals surface area (Å²) in [6.45, 7) is 2.69. The van der Waals surface area contributed by atoms with Crippen LogP contribution in [-0.4, -0.2) is 36.9 Å². The van der Waals surface area contributed by atoms with Gasteiger partial charge in [0.25, 0.3) is 0 Å². The van der Waals surface area contributed by atoms with Crippen LogP contribution in [0.4, 0.5) is 0 Å². The second-order valence-electron chi connectivity index (χ2n) is 4.62. The first-order valence-corrected chi connectivity index (χ1v) is 5.82. The monoisotopic (exact) mass is 213 g/mol. The largest absolute Gasteiger partial charge is 0.479 e. The van der Waals surface area contributed by atoms with E-state index in [2.05, 4.69) is 5.32 Å². The topological polar surface area (TPSA) is 58.6 Å². The van der Waals surface area contributed by atoms with Crippen molar-refractivity contribution in [3.05, 3.63) is 0 Å². The molecule has 1 unspecified atom stereocenters. The van der Waals surface area contributed by atoms with E-state index in [1.165, 1.54) is 0 Å². The van der Waals surface area contributed by atoms with Gasteiger partial charge < -0.3 is 15.2 Å². The molecule has 86 valence electrons. The van der Waals surface area contributed by atoms with Crippen molar-refractivity contribution in [1.82, 2.24) is 5.32 Å². The van der Waals surface area contributed by atoms with E-state index in [-0.39, 0.29) is 5.92 Å². The molecule has 1 saturated carbocycles. The van der Waals surface area contributed by atoms with Crippen LogP contribution in [0.2, 0.25) is 0 Å². The maximum Gasteiger partial charge on any atom is 0.333 e. The maximum atomic E-state index is 10.9. The lowest BCUT2D eigenvalue weighted by molar-refractivity contribution is -0.153. The van der Waals surface area contributed by atoms with Crippen LogP contribution in [-0.2, 0) is 9.53 Å². The highest BCUT2D eigenvalue weighted by Gasteiger charge is 2.37. The number of ether oxygens (including phenoxy) is 1. The summed E-state index contributed by atoms with van der Waals surface area (Å²) in [6, 6.07) is 0. The number of nitrogens with one attached hydrogen (secondary N) is 1. The van der Waals surface area contributed by atoms with Crippen LogP contribution in [0.1, 0.15) is 25.7 Å². The number of piperidine rings is 1. The Morgan fingerprint density at radius 2 is 2.00 bits per heavy atom. The van der Waals surface area contributed by atoms with Crippen molar-refractivity contribution in [2.45, 2.75) is 31.8 Å². The van der Waals surface area contributed by atoms with Gasteiger partial charge in [-0.15, -0.1) is 0 Å².